The molecule has 1 aliphatic carbocycles. The summed E-state index contributed by atoms with van der Waals surface area (Å²) < 4.78 is 21.4. The van der Waals surface area contributed by atoms with E-state index in [1.54, 1.807) is 67.7 Å². The quantitative estimate of drug-likeness (QED) is 0.129. The number of carbonyl (C=O) groups is 2. The lowest BCUT2D eigenvalue weighted by atomic mass is 9.53. The number of hydrogen-bond acceptors (Lipinski definition) is 11. The molecule has 2 amide bonds. The second-order valence-electron chi connectivity index (χ2n) is 15.5. The second kappa shape index (κ2) is 15.7. The largest absolute Gasteiger partial charge is 0.508 e. The van der Waals surface area contributed by atoms with Crippen molar-refractivity contribution in [1.82, 2.24) is 28.5 Å². The number of hydrogen-bond donors (Lipinski definition) is 2. The summed E-state index contributed by atoms with van der Waals surface area (Å²) in [7, 11) is 6.07. The molecule has 16 nitrogen and oxygen atoms in total. The van der Waals surface area contributed by atoms with Crippen LogP contribution in [0.25, 0.3) is 11.0 Å². The molecule has 1 saturated heterocycles. The average Bonchev–Trinajstić information content (AvgIpc) is 3.64. The highest BCUT2D eigenvalue weighted by Crippen LogP contribution is 2.62. The molecule has 0 radical (unpaired) electrons. The molecule has 19 heteroatoms. The lowest BCUT2D eigenvalue weighted by molar-refractivity contribution is -0.138. The first kappa shape index (κ1) is 41.8. The van der Waals surface area contributed by atoms with Crippen LogP contribution in [-0.4, -0.2) is 66.7 Å². The van der Waals surface area contributed by atoms with Crippen molar-refractivity contribution in [1.29, 1.82) is 0 Å². The van der Waals surface area contributed by atoms with Crippen LogP contribution in [0.2, 0.25) is 15.1 Å². The fourth-order valence-electron chi connectivity index (χ4n) is 9.53. The molecule has 2 aliphatic heterocycles. The lowest BCUT2D eigenvalue weighted by Crippen LogP contribution is -2.53. The molecule has 4 aromatic carbocycles. The lowest BCUT2D eigenvalue weighted by Gasteiger charge is -2.49. The van der Waals surface area contributed by atoms with Crippen LogP contribution >= 0.6 is 34.8 Å². The number of halogens is 3. The van der Waals surface area contributed by atoms with E-state index in [2.05, 4.69) is 10.4 Å². The van der Waals surface area contributed by atoms with E-state index < -0.39 is 52.0 Å². The highest BCUT2D eigenvalue weighted by Gasteiger charge is 2.69. The zero-order valence-electron chi connectivity index (χ0n) is 34.1. The van der Waals surface area contributed by atoms with Gasteiger partial charge < -0.3 is 23.9 Å². The number of fused-ring (bicyclic) bond motifs is 5. The van der Waals surface area contributed by atoms with E-state index in [1.165, 1.54) is 53.5 Å². The number of rotatable bonds is 10. The van der Waals surface area contributed by atoms with E-state index >= 15 is 9.59 Å². The van der Waals surface area contributed by atoms with Gasteiger partial charge in [0.05, 0.1) is 67.0 Å². The van der Waals surface area contributed by atoms with Gasteiger partial charge in [-0.2, -0.15) is 5.01 Å². The number of amides is 2. The van der Waals surface area contributed by atoms with Gasteiger partial charge >= 0.3 is 11.4 Å². The van der Waals surface area contributed by atoms with E-state index in [1.807, 2.05) is 0 Å². The number of methoxy groups -OCH3 is 3. The van der Waals surface area contributed by atoms with Crippen molar-refractivity contribution in [2.24, 2.45) is 13.0 Å². The predicted octanol–water partition coefficient (Wildman–Crippen LogP) is 5.61. The Kier molecular flexibility index (Phi) is 10.4. The van der Waals surface area contributed by atoms with Gasteiger partial charge in [0.25, 0.3) is 17.4 Å². The number of anilines is 1. The van der Waals surface area contributed by atoms with Crippen LogP contribution in [0.3, 0.4) is 0 Å². The summed E-state index contributed by atoms with van der Waals surface area (Å²) >= 11 is 19.7. The van der Waals surface area contributed by atoms with Crippen molar-refractivity contribution in [3.05, 3.63) is 148 Å². The maximum absolute atomic E-state index is 15.5. The van der Waals surface area contributed by atoms with Crippen LogP contribution in [-0.2, 0) is 41.6 Å². The zero-order valence-corrected chi connectivity index (χ0v) is 36.4. The van der Waals surface area contributed by atoms with Gasteiger partial charge in [0.15, 0.2) is 11.5 Å². The van der Waals surface area contributed by atoms with Gasteiger partial charge in [-0.25, -0.2) is 28.5 Å². The summed E-state index contributed by atoms with van der Waals surface area (Å²) in [5.41, 5.74) is 2.20. The van der Waals surface area contributed by atoms with E-state index in [-0.39, 0.29) is 53.1 Å². The number of phenolic OH excluding ortho intramolecular Hbond substituents is 1. The Morgan fingerprint density at radius 2 is 1.59 bits per heavy atom. The summed E-state index contributed by atoms with van der Waals surface area (Å²) in [6.07, 6.45) is 1.62. The number of ether oxygens (including phenoxy) is 3. The third-order valence-electron chi connectivity index (χ3n) is 12.4. The van der Waals surface area contributed by atoms with Gasteiger partial charge in [-0.05, 0) is 65.6 Å². The summed E-state index contributed by atoms with van der Waals surface area (Å²) in [4.78, 5) is 77.6. The van der Waals surface area contributed by atoms with Gasteiger partial charge in [-0.3, -0.25) is 19.8 Å². The minimum atomic E-state index is -1.69. The second-order valence-corrected chi connectivity index (χ2v) is 16.7. The number of phenols is 1. The summed E-state index contributed by atoms with van der Waals surface area (Å²) in [5.74, 6) is -2.24. The first-order valence-corrected chi connectivity index (χ1v) is 20.8. The Hall–Kier alpha value is -6.49. The molecule has 1 saturated carbocycles. The topological polar surface area (TPSA) is 181 Å². The number of aromatic nitrogens is 5. The molecule has 2 N–H and O–H groups in total. The Morgan fingerprint density at radius 1 is 0.857 bits per heavy atom. The SMILES string of the molecule is COc1ccc(C23C(=O)N(Nc4ccc(Cl)cc4Cl)C(=O)C2CC2C(=CCn4c(=O)n(CCc5nc6cc(OC)c(OC)cc6n(C)c5=O)c(=O)n42)C3c2ccc(O)cc2Cl)cc1. The minimum Gasteiger partial charge on any atom is -0.508 e. The Bertz CT molecular complexity index is 3120. The van der Waals surface area contributed by atoms with Crippen molar-refractivity contribution in [2.75, 3.05) is 26.8 Å². The molecule has 6 aromatic rings. The number of allylic oxidation sites excluding steroid dienone is 2. The van der Waals surface area contributed by atoms with Crippen LogP contribution in [0, 0.1) is 5.92 Å². The Balaban J connectivity index is 1.18. The van der Waals surface area contributed by atoms with E-state index in [4.69, 9.17) is 49.0 Å². The highest BCUT2D eigenvalue weighted by molar-refractivity contribution is 6.36. The maximum atomic E-state index is 15.5. The van der Waals surface area contributed by atoms with E-state index in [0.29, 0.717) is 50.0 Å². The number of nitrogens with zero attached hydrogens (tertiary/aromatic N) is 6. The average molecular weight is 915 g/mol. The molecular weight excluding hydrogens is 877 g/mol. The number of benzene rings is 4. The maximum Gasteiger partial charge on any atom is 0.347 e. The van der Waals surface area contributed by atoms with Gasteiger partial charge in [0.2, 0.25) is 0 Å². The summed E-state index contributed by atoms with van der Waals surface area (Å²) in [6.45, 7) is -0.276. The van der Waals surface area contributed by atoms with Crippen molar-refractivity contribution in [2.45, 2.75) is 43.3 Å². The molecule has 0 spiro atoms. The molecule has 3 aliphatic rings. The molecule has 4 unspecified atom stereocenters. The fourth-order valence-corrected chi connectivity index (χ4v) is 10.3. The van der Waals surface area contributed by atoms with Crippen molar-refractivity contribution in [3.63, 3.8) is 0 Å². The molecule has 324 valence electrons. The van der Waals surface area contributed by atoms with Crippen LogP contribution in [0.15, 0.2) is 98.8 Å². The van der Waals surface area contributed by atoms with Gasteiger partial charge in [-0.15, -0.1) is 0 Å². The van der Waals surface area contributed by atoms with Crippen LogP contribution in [0.4, 0.5) is 5.69 Å². The predicted molar refractivity (Wildman–Crippen MR) is 234 cm³/mol. The molecule has 0 bridgehead atoms. The number of aryl methyl sites for hydroxylation is 2. The number of carbonyl (C=O) groups excluding carboxylic acids is 2. The Morgan fingerprint density at radius 3 is 2.27 bits per heavy atom. The summed E-state index contributed by atoms with van der Waals surface area (Å²) in [6, 6.07) is 18.1. The normalized spacial score (nSPS) is 20.3. The number of hydrazine groups is 1. The van der Waals surface area contributed by atoms with Gasteiger partial charge in [0.1, 0.15) is 17.2 Å². The minimum absolute atomic E-state index is 0.0725. The number of nitrogens with one attached hydrogen (secondary N) is 1. The molecule has 4 heterocycles. The monoisotopic (exact) mass is 913 g/mol. The first-order chi connectivity index (χ1) is 30.2. The van der Waals surface area contributed by atoms with Gasteiger partial charge in [0, 0.05) is 48.1 Å². The van der Waals surface area contributed by atoms with Gasteiger partial charge in [-0.1, -0.05) is 59.1 Å². The molecule has 2 aromatic heterocycles. The number of aromatic hydroxyl groups is 1. The third kappa shape index (κ3) is 6.41. The van der Waals surface area contributed by atoms with E-state index in [9.17, 15) is 19.5 Å². The highest BCUT2D eigenvalue weighted by atomic mass is 35.5. The number of imide groups is 1. The van der Waals surface area contributed by atoms with Crippen molar-refractivity contribution < 1.29 is 28.9 Å². The molecule has 2 fully saturated rings. The van der Waals surface area contributed by atoms with Crippen molar-refractivity contribution in [3.8, 4) is 23.0 Å². The molecular formula is C44H38Cl3N7O9. The van der Waals surface area contributed by atoms with Crippen LogP contribution in [0.5, 0.6) is 23.0 Å². The third-order valence-corrected chi connectivity index (χ3v) is 13.3. The van der Waals surface area contributed by atoms with Crippen LogP contribution < -0.4 is 36.6 Å². The zero-order chi connectivity index (χ0) is 44.6. The van der Waals surface area contributed by atoms with Crippen LogP contribution in [0.1, 0.15) is 35.2 Å². The van der Waals surface area contributed by atoms with Crippen molar-refractivity contribution >= 4 is 63.3 Å². The molecule has 4 atom stereocenters. The smallest absolute Gasteiger partial charge is 0.347 e. The molecule has 63 heavy (non-hydrogen) atoms. The fraction of sp³-hybridized carbons (Fsp3) is 0.273. The summed E-state index contributed by atoms with van der Waals surface area (Å²) in [5, 5.41) is 12.0. The standard InChI is InChI=1S/C44H38Cl3N7O9/c1-50-35-21-37(63-4)36(62-3)20-33(35)48-32(40(50)57)14-15-51-42(59)52-16-13-27-34(54(52)43(51)60)19-28-39(56)53(49-31-12-7-23(45)17-30(31)47)41(58)44(28,22-5-9-25(61-2)10-6-22)38(27)26-11-8-24(55)18-29(26)46/h5-13,17-18,20-21,28,34,38,49,55H,14-16,19H2,1-4H3. The first-order valence-electron chi connectivity index (χ1n) is 19.7. The van der Waals surface area contributed by atoms with E-state index in [0.717, 1.165) is 9.58 Å². The molecule has 9 rings (SSSR count). The Labute approximate surface area is 373 Å².